The van der Waals surface area contributed by atoms with Gasteiger partial charge in [-0.15, -0.1) is 0 Å². The highest BCUT2D eigenvalue weighted by Gasteiger charge is 2.22. The van der Waals surface area contributed by atoms with Crippen LogP contribution < -0.4 is 14.8 Å². The maximum absolute atomic E-state index is 6.02. The third-order valence-electron chi connectivity index (χ3n) is 3.45. The van der Waals surface area contributed by atoms with Gasteiger partial charge in [0.25, 0.3) is 0 Å². The number of halogens is 2. The highest BCUT2D eigenvalue weighted by atomic mass is 79.9. The van der Waals surface area contributed by atoms with Gasteiger partial charge >= 0.3 is 0 Å². The summed E-state index contributed by atoms with van der Waals surface area (Å²) in [7, 11) is 1.61. The molecule has 0 saturated heterocycles. The van der Waals surface area contributed by atoms with Crippen molar-refractivity contribution >= 4 is 33.2 Å². The molecule has 0 aromatic heterocycles. The zero-order valence-corrected chi connectivity index (χ0v) is 13.9. The second-order valence-electron chi connectivity index (χ2n) is 4.93. The Morgan fingerprint density at radius 2 is 2.19 bits per heavy atom. The number of methoxy groups -OCH3 is 1. The summed E-state index contributed by atoms with van der Waals surface area (Å²) in [4.78, 5) is 0. The van der Waals surface area contributed by atoms with Crippen LogP contribution in [0.5, 0.6) is 11.5 Å². The van der Waals surface area contributed by atoms with Crippen LogP contribution in [0.15, 0.2) is 40.9 Å². The van der Waals surface area contributed by atoms with E-state index in [9.17, 15) is 0 Å². The molecule has 1 aliphatic rings. The van der Waals surface area contributed by atoms with E-state index in [4.69, 9.17) is 21.1 Å². The van der Waals surface area contributed by atoms with Gasteiger partial charge in [-0.25, -0.2) is 0 Å². The molecule has 0 aliphatic carbocycles. The van der Waals surface area contributed by atoms with Gasteiger partial charge in [0.05, 0.1) is 18.7 Å². The zero-order valence-electron chi connectivity index (χ0n) is 11.5. The fourth-order valence-electron chi connectivity index (χ4n) is 2.40. The Morgan fingerprint density at radius 1 is 1.33 bits per heavy atom. The first kappa shape index (κ1) is 14.5. The van der Waals surface area contributed by atoms with Crippen LogP contribution in [0.3, 0.4) is 0 Å². The van der Waals surface area contributed by atoms with Crippen molar-refractivity contribution in [1.82, 2.24) is 0 Å². The Kier molecular flexibility index (Phi) is 4.27. The van der Waals surface area contributed by atoms with Gasteiger partial charge in [0.15, 0.2) is 0 Å². The van der Waals surface area contributed by atoms with Gasteiger partial charge in [-0.1, -0.05) is 27.5 Å². The van der Waals surface area contributed by atoms with Crippen molar-refractivity contribution in [3.05, 3.63) is 51.5 Å². The van der Waals surface area contributed by atoms with Gasteiger partial charge in [0.1, 0.15) is 17.6 Å². The molecule has 1 N–H and O–H groups in total. The van der Waals surface area contributed by atoms with Crippen LogP contribution in [0, 0.1) is 0 Å². The Labute approximate surface area is 137 Å². The van der Waals surface area contributed by atoms with E-state index in [1.807, 2.05) is 30.3 Å². The largest absolute Gasteiger partial charge is 0.495 e. The molecular formula is C16H15BrClNO2. The van der Waals surface area contributed by atoms with Gasteiger partial charge in [0, 0.05) is 22.6 Å². The molecule has 0 radical (unpaired) electrons. The van der Waals surface area contributed by atoms with Crippen molar-refractivity contribution in [3.8, 4) is 11.5 Å². The summed E-state index contributed by atoms with van der Waals surface area (Å²) in [6.45, 7) is 0.733. The molecule has 0 spiro atoms. The summed E-state index contributed by atoms with van der Waals surface area (Å²) < 4.78 is 12.2. The summed E-state index contributed by atoms with van der Waals surface area (Å²) >= 11 is 9.50. The topological polar surface area (TPSA) is 30.5 Å². The van der Waals surface area contributed by atoms with Crippen molar-refractivity contribution < 1.29 is 9.47 Å². The molecule has 0 saturated carbocycles. The first-order chi connectivity index (χ1) is 10.2. The number of hydrogen-bond donors (Lipinski definition) is 1. The second kappa shape index (κ2) is 6.16. The quantitative estimate of drug-likeness (QED) is 0.860. The number of ether oxygens (including phenoxy) is 2. The number of hydrogen-bond acceptors (Lipinski definition) is 3. The number of benzene rings is 2. The minimum Gasteiger partial charge on any atom is -0.495 e. The molecule has 2 aromatic rings. The molecule has 0 fully saturated rings. The number of rotatable bonds is 4. The molecule has 1 heterocycles. The van der Waals surface area contributed by atoms with Crippen LogP contribution in [0.25, 0.3) is 0 Å². The zero-order chi connectivity index (χ0) is 14.8. The average molecular weight is 369 g/mol. The fraction of sp³-hybridized carbons (Fsp3) is 0.250. The van der Waals surface area contributed by atoms with Crippen molar-refractivity contribution in [1.29, 1.82) is 0 Å². The van der Waals surface area contributed by atoms with Crippen molar-refractivity contribution in [2.45, 2.75) is 12.5 Å². The molecule has 2 aromatic carbocycles. The predicted molar refractivity (Wildman–Crippen MR) is 88.8 cm³/mol. The SMILES string of the molecule is COc1cc(NCC2Cc3cc(Br)ccc3O2)ccc1Cl. The van der Waals surface area contributed by atoms with E-state index in [2.05, 4.69) is 27.3 Å². The number of nitrogens with one attached hydrogen (secondary N) is 1. The second-order valence-corrected chi connectivity index (χ2v) is 6.25. The smallest absolute Gasteiger partial charge is 0.139 e. The normalized spacial score (nSPS) is 16.2. The molecule has 1 atom stereocenters. The fourth-order valence-corrected chi connectivity index (χ4v) is 3.01. The highest BCUT2D eigenvalue weighted by Crippen LogP contribution is 2.32. The van der Waals surface area contributed by atoms with Crippen LogP contribution in [0.4, 0.5) is 5.69 Å². The van der Waals surface area contributed by atoms with E-state index < -0.39 is 0 Å². The van der Waals surface area contributed by atoms with Gasteiger partial charge in [0.2, 0.25) is 0 Å². The predicted octanol–water partition coefficient (Wildman–Crippen LogP) is 4.53. The molecule has 5 heteroatoms. The Bertz CT molecular complexity index is 663. The summed E-state index contributed by atoms with van der Waals surface area (Å²) in [5.41, 5.74) is 2.21. The summed E-state index contributed by atoms with van der Waals surface area (Å²) in [5, 5.41) is 3.97. The van der Waals surface area contributed by atoms with Crippen LogP contribution in [-0.2, 0) is 6.42 Å². The van der Waals surface area contributed by atoms with E-state index in [0.717, 1.165) is 28.9 Å². The lowest BCUT2D eigenvalue weighted by Gasteiger charge is -2.14. The Hall–Kier alpha value is -1.39. The van der Waals surface area contributed by atoms with Gasteiger partial charge in [-0.3, -0.25) is 0 Å². The molecule has 110 valence electrons. The monoisotopic (exact) mass is 367 g/mol. The van der Waals surface area contributed by atoms with E-state index >= 15 is 0 Å². The minimum atomic E-state index is 0.135. The molecule has 1 aliphatic heterocycles. The van der Waals surface area contributed by atoms with E-state index in [1.54, 1.807) is 7.11 Å². The van der Waals surface area contributed by atoms with E-state index in [-0.39, 0.29) is 6.10 Å². The number of anilines is 1. The molecular weight excluding hydrogens is 354 g/mol. The Balaban J connectivity index is 1.62. The Morgan fingerprint density at radius 3 is 3.00 bits per heavy atom. The highest BCUT2D eigenvalue weighted by molar-refractivity contribution is 9.10. The van der Waals surface area contributed by atoms with Crippen LogP contribution >= 0.6 is 27.5 Å². The van der Waals surface area contributed by atoms with Crippen LogP contribution in [0.2, 0.25) is 5.02 Å². The van der Waals surface area contributed by atoms with Gasteiger partial charge in [-0.2, -0.15) is 0 Å². The van der Waals surface area contributed by atoms with Crippen molar-refractivity contribution in [3.63, 3.8) is 0 Å². The van der Waals surface area contributed by atoms with Gasteiger partial charge in [-0.05, 0) is 35.9 Å². The van der Waals surface area contributed by atoms with E-state index in [0.29, 0.717) is 10.8 Å². The molecule has 3 nitrogen and oxygen atoms in total. The lowest BCUT2D eigenvalue weighted by atomic mass is 10.1. The number of fused-ring (bicyclic) bond motifs is 1. The van der Waals surface area contributed by atoms with Crippen molar-refractivity contribution in [2.75, 3.05) is 19.0 Å². The molecule has 0 amide bonds. The van der Waals surface area contributed by atoms with E-state index in [1.165, 1.54) is 5.56 Å². The third-order valence-corrected chi connectivity index (χ3v) is 4.25. The molecule has 0 bridgehead atoms. The van der Waals surface area contributed by atoms with Crippen molar-refractivity contribution in [2.24, 2.45) is 0 Å². The first-order valence-corrected chi connectivity index (χ1v) is 7.85. The molecule has 21 heavy (non-hydrogen) atoms. The molecule has 1 unspecified atom stereocenters. The lowest BCUT2D eigenvalue weighted by molar-refractivity contribution is 0.246. The average Bonchev–Trinajstić information content (AvgIpc) is 2.88. The molecule has 3 rings (SSSR count). The van der Waals surface area contributed by atoms with Gasteiger partial charge < -0.3 is 14.8 Å². The third kappa shape index (κ3) is 3.27. The summed E-state index contributed by atoms with van der Waals surface area (Å²) in [5.74, 6) is 1.64. The van der Waals surface area contributed by atoms with Crippen LogP contribution in [0.1, 0.15) is 5.56 Å². The minimum absolute atomic E-state index is 0.135. The first-order valence-electron chi connectivity index (χ1n) is 6.68. The standard InChI is InChI=1S/C16H15BrClNO2/c1-20-16-8-12(3-4-14(16)18)19-9-13-7-10-6-11(17)2-5-15(10)21-13/h2-6,8,13,19H,7,9H2,1H3. The van der Waals surface area contributed by atoms with Crippen LogP contribution in [-0.4, -0.2) is 19.8 Å². The maximum Gasteiger partial charge on any atom is 0.139 e. The summed E-state index contributed by atoms with van der Waals surface area (Å²) in [6, 6.07) is 11.8. The lowest BCUT2D eigenvalue weighted by Crippen LogP contribution is -2.23. The summed E-state index contributed by atoms with van der Waals surface area (Å²) in [6.07, 6.45) is 1.04. The maximum atomic E-state index is 6.02.